The summed E-state index contributed by atoms with van der Waals surface area (Å²) in [7, 11) is 0. The molecular formula is C18H21F4NO3. The first-order valence-corrected chi connectivity index (χ1v) is 8.42. The highest BCUT2D eigenvalue weighted by Gasteiger charge is 2.35. The van der Waals surface area contributed by atoms with Crippen molar-refractivity contribution in [1.29, 1.82) is 0 Å². The molecule has 1 aromatic carbocycles. The van der Waals surface area contributed by atoms with Crippen molar-refractivity contribution in [3.8, 4) is 0 Å². The van der Waals surface area contributed by atoms with Crippen molar-refractivity contribution < 1.29 is 31.9 Å². The Morgan fingerprint density at radius 1 is 1.23 bits per heavy atom. The van der Waals surface area contributed by atoms with Crippen LogP contribution in [0.2, 0.25) is 0 Å². The summed E-state index contributed by atoms with van der Waals surface area (Å²) in [6.45, 7) is 4.73. The molecule has 144 valence electrons. The third-order valence-electron chi connectivity index (χ3n) is 4.20. The Labute approximate surface area is 149 Å². The Bertz CT molecular complexity index is 665. The summed E-state index contributed by atoms with van der Waals surface area (Å²) in [5.74, 6) is -2.40. The van der Waals surface area contributed by atoms with Crippen LogP contribution < -0.4 is 0 Å². The molecule has 1 saturated heterocycles. The minimum absolute atomic E-state index is 0.142. The zero-order chi connectivity index (χ0) is 19.5. The van der Waals surface area contributed by atoms with Crippen molar-refractivity contribution in [1.82, 2.24) is 4.90 Å². The van der Waals surface area contributed by atoms with E-state index in [4.69, 9.17) is 4.74 Å². The highest BCUT2D eigenvalue weighted by atomic mass is 19.4. The van der Waals surface area contributed by atoms with Gasteiger partial charge in [0, 0.05) is 18.7 Å². The van der Waals surface area contributed by atoms with E-state index in [9.17, 15) is 27.2 Å². The number of halogens is 4. The molecule has 1 fully saturated rings. The normalized spacial score (nSPS) is 16.0. The van der Waals surface area contributed by atoms with Gasteiger partial charge in [-0.3, -0.25) is 9.59 Å². The molecule has 0 atom stereocenters. The molecule has 1 aliphatic heterocycles. The van der Waals surface area contributed by atoms with E-state index in [0.29, 0.717) is 31.6 Å². The van der Waals surface area contributed by atoms with Gasteiger partial charge >= 0.3 is 12.1 Å². The molecule has 1 aromatic rings. The van der Waals surface area contributed by atoms with Crippen LogP contribution in [-0.4, -0.2) is 36.5 Å². The van der Waals surface area contributed by atoms with Crippen molar-refractivity contribution in [2.45, 2.75) is 32.9 Å². The topological polar surface area (TPSA) is 46.6 Å². The molecule has 0 spiro atoms. The fraction of sp³-hybridized carbons (Fsp3) is 0.556. The third kappa shape index (κ3) is 4.95. The van der Waals surface area contributed by atoms with Gasteiger partial charge in [0.1, 0.15) is 5.82 Å². The summed E-state index contributed by atoms with van der Waals surface area (Å²) in [4.78, 5) is 25.7. The Morgan fingerprint density at radius 2 is 1.85 bits per heavy atom. The number of piperidine rings is 1. The number of rotatable bonds is 4. The maximum atomic E-state index is 13.6. The average molecular weight is 375 g/mol. The van der Waals surface area contributed by atoms with E-state index in [1.807, 2.05) is 13.8 Å². The summed E-state index contributed by atoms with van der Waals surface area (Å²) < 4.78 is 56.6. The van der Waals surface area contributed by atoms with Gasteiger partial charge in [-0.2, -0.15) is 13.2 Å². The van der Waals surface area contributed by atoms with Gasteiger partial charge in [0.05, 0.1) is 18.1 Å². The molecule has 4 nitrogen and oxygen atoms in total. The molecular weight excluding hydrogens is 354 g/mol. The largest absolute Gasteiger partial charge is 0.465 e. The Balaban J connectivity index is 1.96. The second-order valence-electron chi connectivity index (χ2n) is 6.78. The minimum atomic E-state index is -4.81. The van der Waals surface area contributed by atoms with Crippen molar-refractivity contribution in [3.05, 3.63) is 35.1 Å². The minimum Gasteiger partial charge on any atom is -0.465 e. The zero-order valence-electron chi connectivity index (χ0n) is 14.6. The van der Waals surface area contributed by atoms with Crippen LogP contribution in [0.3, 0.4) is 0 Å². The molecule has 0 N–H and O–H groups in total. The van der Waals surface area contributed by atoms with Gasteiger partial charge in [0.15, 0.2) is 0 Å². The first-order chi connectivity index (χ1) is 12.1. The van der Waals surface area contributed by atoms with Gasteiger partial charge in [-0.25, -0.2) is 4.39 Å². The quantitative estimate of drug-likeness (QED) is 0.592. The smallest absolute Gasteiger partial charge is 0.419 e. The molecule has 0 bridgehead atoms. The summed E-state index contributed by atoms with van der Waals surface area (Å²) in [5, 5.41) is 0. The molecule has 0 aromatic heterocycles. The molecule has 1 amide bonds. The monoisotopic (exact) mass is 375 g/mol. The summed E-state index contributed by atoms with van der Waals surface area (Å²) >= 11 is 0. The number of hydrogen-bond donors (Lipinski definition) is 0. The average Bonchev–Trinajstić information content (AvgIpc) is 2.58. The number of benzene rings is 1. The number of carbonyl (C=O) groups excluding carboxylic acids is 2. The molecule has 0 radical (unpaired) electrons. The van der Waals surface area contributed by atoms with Gasteiger partial charge in [-0.15, -0.1) is 0 Å². The highest BCUT2D eigenvalue weighted by molar-refractivity contribution is 5.94. The van der Waals surface area contributed by atoms with Crippen LogP contribution in [0.25, 0.3) is 0 Å². The first-order valence-electron chi connectivity index (χ1n) is 8.42. The van der Waals surface area contributed by atoms with Gasteiger partial charge in [-0.1, -0.05) is 13.8 Å². The molecule has 1 heterocycles. The van der Waals surface area contributed by atoms with Crippen LogP contribution in [-0.2, 0) is 15.7 Å². The number of alkyl halides is 3. The Kier molecular flexibility index (Phi) is 6.26. The van der Waals surface area contributed by atoms with E-state index in [2.05, 4.69) is 0 Å². The van der Waals surface area contributed by atoms with E-state index >= 15 is 0 Å². The fourth-order valence-corrected chi connectivity index (χ4v) is 2.75. The van der Waals surface area contributed by atoms with Crippen LogP contribution >= 0.6 is 0 Å². The zero-order valence-corrected chi connectivity index (χ0v) is 14.6. The van der Waals surface area contributed by atoms with Crippen LogP contribution in [0, 0.1) is 17.7 Å². The SMILES string of the molecule is CC(C)COC(=O)C1CCN(C(=O)c2ccc(C(F)(F)F)c(F)c2)CC1. The number of carbonyl (C=O) groups is 2. The van der Waals surface area contributed by atoms with Gasteiger partial charge < -0.3 is 9.64 Å². The summed E-state index contributed by atoms with van der Waals surface area (Å²) in [6, 6.07) is 2.14. The Morgan fingerprint density at radius 3 is 2.35 bits per heavy atom. The number of ether oxygens (including phenoxy) is 1. The summed E-state index contributed by atoms with van der Waals surface area (Å²) in [5.41, 5.74) is -1.54. The lowest BCUT2D eigenvalue weighted by Crippen LogP contribution is -2.40. The molecule has 0 saturated carbocycles. The number of likely N-dealkylation sites (tertiary alicyclic amines) is 1. The van der Waals surface area contributed by atoms with E-state index < -0.39 is 23.5 Å². The number of esters is 1. The second-order valence-corrected chi connectivity index (χ2v) is 6.78. The van der Waals surface area contributed by atoms with Crippen molar-refractivity contribution in [3.63, 3.8) is 0 Å². The lowest BCUT2D eigenvalue weighted by atomic mass is 9.96. The molecule has 2 rings (SSSR count). The van der Waals surface area contributed by atoms with E-state index in [-0.39, 0.29) is 36.5 Å². The van der Waals surface area contributed by atoms with Crippen molar-refractivity contribution in [2.24, 2.45) is 11.8 Å². The van der Waals surface area contributed by atoms with E-state index in [1.165, 1.54) is 4.90 Å². The molecule has 0 aliphatic carbocycles. The van der Waals surface area contributed by atoms with Crippen LogP contribution in [0.1, 0.15) is 42.6 Å². The number of hydrogen-bond acceptors (Lipinski definition) is 3. The maximum absolute atomic E-state index is 13.6. The lowest BCUT2D eigenvalue weighted by Gasteiger charge is -2.31. The maximum Gasteiger partial charge on any atom is 0.419 e. The molecule has 8 heteroatoms. The van der Waals surface area contributed by atoms with E-state index in [0.717, 1.165) is 6.07 Å². The van der Waals surface area contributed by atoms with Gasteiger partial charge in [0.2, 0.25) is 0 Å². The number of amides is 1. The fourth-order valence-electron chi connectivity index (χ4n) is 2.75. The second kappa shape index (κ2) is 8.05. The van der Waals surface area contributed by atoms with Crippen LogP contribution in [0.4, 0.5) is 17.6 Å². The predicted octanol–water partition coefficient (Wildman–Crippen LogP) is 3.90. The summed E-state index contributed by atoms with van der Waals surface area (Å²) in [6.07, 6.45) is -3.99. The molecule has 1 aliphatic rings. The Hall–Kier alpha value is -2.12. The van der Waals surface area contributed by atoms with Crippen LogP contribution in [0.5, 0.6) is 0 Å². The highest BCUT2D eigenvalue weighted by Crippen LogP contribution is 2.32. The standard InChI is InChI=1S/C18H21F4NO3/c1-11(2)10-26-17(25)12-5-7-23(8-6-12)16(24)13-3-4-14(15(19)9-13)18(20,21)22/h3-4,9,11-12H,5-8,10H2,1-2H3. The first kappa shape index (κ1) is 20.2. The van der Waals surface area contributed by atoms with Crippen LogP contribution in [0.15, 0.2) is 18.2 Å². The predicted molar refractivity (Wildman–Crippen MR) is 85.8 cm³/mol. The number of nitrogens with zero attached hydrogens (tertiary/aromatic N) is 1. The molecule has 26 heavy (non-hydrogen) atoms. The van der Waals surface area contributed by atoms with Gasteiger partial charge in [-0.05, 0) is 37.0 Å². The van der Waals surface area contributed by atoms with E-state index in [1.54, 1.807) is 0 Å². The lowest BCUT2D eigenvalue weighted by molar-refractivity contribution is -0.151. The van der Waals surface area contributed by atoms with Crippen molar-refractivity contribution >= 4 is 11.9 Å². The van der Waals surface area contributed by atoms with Gasteiger partial charge in [0.25, 0.3) is 5.91 Å². The molecule has 0 unspecified atom stereocenters. The van der Waals surface area contributed by atoms with Crippen molar-refractivity contribution in [2.75, 3.05) is 19.7 Å². The third-order valence-corrected chi connectivity index (χ3v) is 4.20.